The predicted molar refractivity (Wildman–Crippen MR) is 93.1 cm³/mol. The zero-order valence-corrected chi connectivity index (χ0v) is 15.4. The Bertz CT molecular complexity index is 412. The molecule has 0 bridgehead atoms. The number of hydrogen-bond donors (Lipinski definition) is 1. The average Bonchev–Trinajstić information content (AvgIpc) is 3.06. The minimum atomic E-state index is -0.257. The third kappa shape index (κ3) is 6.10. The van der Waals surface area contributed by atoms with Crippen LogP contribution in [0.2, 0.25) is 0 Å². The molecule has 2 aliphatic carbocycles. The lowest BCUT2D eigenvalue weighted by Crippen LogP contribution is -2.32. The van der Waals surface area contributed by atoms with Crippen molar-refractivity contribution in [1.29, 1.82) is 0 Å². The minimum absolute atomic E-state index is 0.149. The van der Waals surface area contributed by atoms with Crippen LogP contribution in [0.4, 0.5) is 0 Å². The van der Waals surface area contributed by atoms with Crippen LogP contribution in [0.25, 0.3) is 0 Å². The lowest BCUT2D eigenvalue weighted by molar-refractivity contribution is -0.0807. The lowest BCUT2D eigenvalue weighted by atomic mass is 10.0. The van der Waals surface area contributed by atoms with E-state index in [4.69, 9.17) is 14.6 Å². The Labute approximate surface area is 142 Å². The van der Waals surface area contributed by atoms with Crippen molar-refractivity contribution in [2.45, 2.75) is 77.4 Å². The summed E-state index contributed by atoms with van der Waals surface area (Å²) in [6, 6.07) is 0. The second-order valence-corrected chi connectivity index (χ2v) is 8.32. The van der Waals surface area contributed by atoms with E-state index in [9.17, 15) is 0 Å². The molecule has 1 saturated carbocycles. The first-order valence-corrected chi connectivity index (χ1v) is 9.19. The van der Waals surface area contributed by atoms with Crippen LogP contribution < -0.4 is 0 Å². The zero-order valence-electron chi connectivity index (χ0n) is 15.4. The Balaban J connectivity index is 1.66. The van der Waals surface area contributed by atoms with Crippen LogP contribution in [0, 0.1) is 29.6 Å². The molecule has 3 nitrogen and oxygen atoms in total. The van der Waals surface area contributed by atoms with Crippen molar-refractivity contribution in [3.05, 3.63) is 0 Å². The third-order valence-corrected chi connectivity index (χ3v) is 5.42. The number of ether oxygens (including phenoxy) is 2. The predicted octanol–water partition coefficient (Wildman–Crippen LogP) is 3.79. The van der Waals surface area contributed by atoms with E-state index in [1.54, 1.807) is 0 Å². The maximum Gasteiger partial charge on any atom is 0.0648 e. The molecule has 0 aromatic carbocycles. The highest BCUT2D eigenvalue weighted by Gasteiger charge is 2.49. The first-order valence-electron chi connectivity index (χ1n) is 9.19. The molecule has 2 unspecified atom stereocenters. The molecule has 2 aliphatic rings. The highest BCUT2D eigenvalue weighted by molar-refractivity contribution is 5.07. The Morgan fingerprint density at radius 1 is 0.913 bits per heavy atom. The van der Waals surface area contributed by atoms with Crippen molar-refractivity contribution in [3.63, 3.8) is 0 Å². The number of aliphatic hydroxyl groups is 1. The summed E-state index contributed by atoms with van der Waals surface area (Å²) in [5, 5.41) is 9.04. The van der Waals surface area contributed by atoms with Gasteiger partial charge in [-0.15, -0.1) is 11.8 Å². The summed E-state index contributed by atoms with van der Waals surface area (Å²) in [5.41, 5.74) is -0.406. The van der Waals surface area contributed by atoms with E-state index < -0.39 is 0 Å². The molecule has 0 aromatic rings. The second kappa shape index (κ2) is 8.01. The first-order chi connectivity index (χ1) is 10.8. The summed E-state index contributed by atoms with van der Waals surface area (Å²) in [6.07, 6.45) is 6.19. The first kappa shape index (κ1) is 18.8. The Morgan fingerprint density at radius 2 is 1.48 bits per heavy atom. The fraction of sp³-hybridized carbons (Fsp3) is 0.900. The van der Waals surface area contributed by atoms with E-state index in [0.717, 1.165) is 43.6 Å². The molecule has 1 N–H and O–H groups in total. The number of hydrogen-bond acceptors (Lipinski definition) is 3. The summed E-state index contributed by atoms with van der Waals surface area (Å²) in [7, 11) is 0. The van der Waals surface area contributed by atoms with E-state index >= 15 is 0 Å². The molecule has 132 valence electrons. The largest absolute Gasteiger partial charge is 0.396 e. The van der Waals surface area contributed by atoms with Gasteiger partial charge in [0.15, 0.2) is 0 Å². The maximum atomic E-state index is 9.04. The van der Waals surface area contributed by atoms with Gasteiger partial charge in [-0.1, -0.05) is 0 Å². The van der Waals surface area contributed by atoms with Crippen LogP contribution in [0.3, 0.4) is 0 Å². The molecule has 0 aromatic heterocycles. The lowest BCUT2D eigenvalue weighted by Gasteiger charge is -2.29. The van der Waals surface area contributed by atoms with Crippen molar-refractivity contribution in [1.82, 2.24) is 0 Å². The fourth-order valence-corrected chi connectivity index (χ4v) is 3.59. The van der Waals surface area contributed by atoms with Crippen LogP contribution in [0.1, 0.15) is 66.2 Å². The van der Waals surface area contributed by atoms with Gasteiger partial charge in [-0.25, -0.2) is 0 Å². The summed E-state index contributed by atoms with van der Waals surface area (Å²) >= 11 is 0. The highest BCUT2D eigenvalue weighted by atomic mass is 16.5. The average molecular weight is 322 g/mol. The Hall–Kier alpha value is -0.560. The molecule has 0 amide bonds. The normalized spacial score (nSPS) is 27.4. The summed E-state index contributed by atoms with van der Waals surface area (Å²) < 4.78 is 12.1. The third-order valence-electron chi connectivity index (χ3n) is 5.42. The second-order valence-electron chi connectivity index (χ2n) is 8.32. The van der Waals surface area contributed by atoms with Gasteiger partial charge in [0.1, 0.15) is 0 Å². The molecule has 0 radical (unpaired) electrons. The number of aliphatic hydroxyl groups excluding tert-OH is 1. The van der Waals surface area contributed by atoms with Crippen molar-refractivity contribution >= 4 is 0 Å². The highest BCUT2D eigenvalue weighted by Crippen LogP contribution is 2.52. The molecule has 0 heterocycles. The number of rotatable bonds is 9. The zero-order chi connectivity index (χ0) is 16.9. The van der Waals surface area contributed by atoms with Gasteiger partial charge in [0.2, 0.25) is 0 Å². The van der Waals surface area contributed by atoms with Gasteiger partial charge in [-0.05, 0) is 71.1 Å². The van der Waals surface area contributed by atoms with E-state index in [-0.39, 0.29) is 17.8 Å². The summed E-state index contributed by atoms with van der Waals surface area (Å²) in [4.78, 5) is 0. The van der Waals surface area contributed by atoms with Crippen molar-refractivity contribution in [2.75, 3.05) is 19.8 Å². The monoisotopic (exact) mass is 322 g/mol. The quantitative estimate of drug-likeness (QED) is 0.656. The molecule has 3 heteroatoms. The Morgan fingerprint density at radius 3 is 2.04 bits per heavy atom. The molecule has 1 fully saturated rings. The van der Waals surface area contributed by atoms with Gasteiger partial charge in [-0.3, -0.25) is 0 Å². The van der Waals surface area contributed by atoms with Gasteiger partial charge in [0.05, 0.1) is 24.4 Å². The van der Waals surface area contributed by atoms with E-state index in [0.29, 0.717) is 13.0 Å². The van der Waals surface area contributed by atoms with Crippen LogP contribution in [-0.2, 0) is 9.47 Å². The molecule has 23 heavy (non-hydrogen) atoms. The minimum Gasteiger partial charge on any atom is -0.396 e. The van der Waals surface area contributed by atoms with Gasteiger partial charge in [0.25, 0.3) is 0 Å². The summed E-state index contributed by atoms with van der Waals surface area (Å²) in [5.74, 6) is 8.96. The molecule has 2 rings (SSSR count). The van der Waals surface area contributed by atoms with E-state index in [1.807, 2.05) is 13.8 Å². The van der Waals surface area contributed by atoms with Crippen LogP contribution in [0.15, 0.2) is 0 Å². The van der Waals surface area contributed by atoms with Gasteiger partial charge < -0.3 is 14.6 Å². The molecule has 2 atom stereocenters. The van der Waals surface area contributed by atoms with Gasteiger partial charge in [0, 0.05) is 19.4 Å². The van der Waals surface area contributed by atoms with Crippen LogP contribution in [-0.4, -0.2) is 36.1 Å². The van der Waals surface area contributed by atoms with Gasteiger partial charge >= 0.3 is 0 Å². The standard InChI is InChI=1S/C20H34O3/c1-19(2,11-13-21)22-14-12-20(3,4)23-15-18-16-9-7-5-6-8-10-17(16)18/h16-18,21H,7-15H2,1-4H3. The van der Waals surface area contributed by atoms with Crippen molar-refractivity contribution in [3.8, 4) is 11.8 Å². The molecular weight excluding hydrogens is 288 g/mol. The SMILES string of the molecule is CC(C)(CCO)OCCC(C)(C)OCC1C2CCC#CCCC21. The van der Waals surface area contributed by atoms with Gasteiger partial charge in [-0.2, -0.15) is 0 Å². The maximum absolute atomic E-state index is 9.04. The smallest absolute Gasteiger partial charge is 0.0648 e. The topological polar surface area (TPSA) is 38.7 Å². The Kier molecular flexibility index (Phi) is 6.54. The summed E-state index contributed by atoms with van der Waals surface area (Å²) in [6.45, 7) is 10.1. The fourth-order valence-electron chi connectivity index (χ4n) is 3.59. The van der Waals surface area contributed by atoms with E-state index in [1.165, 1.54) is 12.8 Å². The molecule has 0 saturated heterocycles. The molecule has 0 spiro atoms. The van der Waals surface area contributed by atoms with Crippen molar-refractivity contribution < 1.29 is 14.6 Å². The van der Waals surface area contributed by atoms with Crippen LogP contribution in [0.5, 0.6) is 0 Å². The molecule has 0 aliphatic heterocycles. The van der Waals surface area contributed by atoms with Crippen molar-refractivity contribution in [2.24, 2.45) is 17.8 Å². The molecular formula is C20H34O3. The van der Waals surface area contributed by atoms with Crippen LogP contribution >= 0.6 is 0 Å². The van der Waals surface area contributed by atoms with E-state index in [2.05, 4.69) is 25.7 Å². The number of fused-ring (bicyclic) bond motifs is 1.